The lowest BCUT2D eigenvalue weighted by Crippen LogP contribution is -2.55. The minimum absolute atomic E-state index is 0.0118. The van der Waals surface area contributed by atoms with E-state index < -0.39 is 29.6 Å². The number of carbonyl (C=O) groups excluding carboxylic acids is 10. The average molecular weight is 1350 g/mol. The Morgan fingerprint density at radius 1 is 0.455 bits per heavy atom. The maximum absolute atomic E-state index is 12.3. The van der Waals surface area contributed by atoms with E-state index in [0.717, 1.165) is 22.9 Å². The first kappa shape index (κ1) is 71.6. The topological polar surface area (TPSA) is 250 Å². The molecule has 99 heavy (non-hydrogen) atoms. The van der Waals surface area contributed by atoms with Crippen LogP contribution in [0.3, 0.4) is 0 Å². The molecule has 5 aromatic carbocycles. The number of thiocarbonyl (C=S) groups is 1. The maximum Gasteiger partial charge on any atom is 0.384 e. The Balaban J connectivity index is 0.000000148. The molecule has 3 saturated heterocycles. The summed E-state index contributed by atoms with van der Waals surface area (Å²) < 4.78 is 3.37. The molecule has 8 amide bonds. The third-order valence-corrected chi connectivity index (χ3v) is 15.6. The standard InChI is InChI=1S/C16H12N2O2.C11H10N2O.C10H8N2O2.C10H7NO2.C9H12N2O2S.2C9H9N2O/c1-12-15(19)17(13-8-4-2-5-9-13)18(16(12)20)14-10-6-3-7-11-14;1-8-9(2)12-13(11(8)14)10-6-4-3-5-7-10;1-7-9(13)11-12(10(7)14)8-5-3-2-4-6-8;1-7-9(11-13-10(7)12)8-5-3-2-4-6-8;1-4-10-7(12)6(3)8(13)11(5-2)9(10)14;1-7-9(12)10(2)8-5-3-4-6-11(7)8;1-7-9(12)11-6-4-3-5-8(11)10(7)2/h2-11H,1H2;3-7H,1H2,2H3;2-6H,1H2,(H,11,13);2-6H,1H2;3-5H2,1-2H3;2*3-6H,1H2,2H3/q;;;;;2*+1. The monoisotopic (exact) mass is 1350 g/mol. The van der Waals surface area contributed by atoms with E-state index in [1.807, 2.05) is 153 Å². The number of aromatic nitrogens is 2. The van der Waals surface area contributed by atoms with Gasteiger partial charge >= 0.3 is 17.8 Å². The number of nitrogens with one attached hydrogen (secondary N) is 1. The number of nitrogens with zero attached hydrogens (tertiary/aromatic N) is 12. The summed E-state index contributed by atoms with van der Waals surface area (Å²) in [5.74, 6) is -1.38. The van der Waals surface area contributed by atoms with Crippen LogP contribution in [0.25, 0.3) is 5.70 Å². The molecule has 0 unspecified atom stereocenters. The number of hydrogen-bond donors (Lipinski definition) is 1. The van der Waals surface area contributed by atoms with Crippen molar-refractivity contribution in [2.24, 2.45) is 10.3 Å². The van der Waals surface area contributed by atoms with Crippen LogP contribution in [0.5, 0.6) is 0 Å². The third-order valence-electron chi connectivity index (χ3n) is 15.2. The molecular formula is C74H67N13O11S+2. The van der Waals surface area contributed by atoms with Gasteiger partial charge in [0.25, 0.3) is 53.0 Å². The fourth-order valence-electron chi connectivity index (χ4n) is 9.67. The molecular weight excluding hydrogens is 1280 g/mol. The van der Waals surface area contributed by atoms with Crippen molar-refractivity contribution in [2.75, 3.05) is 57.0 Å². The largest absolute Gasteiger partial charge is 0.384 e. The van der Waals surface area contributed by atoms with Gasteiger partial charge < -0.3 is 4.84 Å². The van der Waals surface area contributed by atoms with E-state index in [1.165, 1.54) is 29.8 Å². The van der Waals surface area contributed by atoms with Crippen LogP contribution >= 0.6 is 12.2 Å². The fraction of sp³-hybridized carbons (Fsp3) is 0.0946. The first-order valence-electron chi connectivity index (χ1n) is 30.2. The fourth-order valence-corrected chi connectivity index (χ4v) is 10.1. The molecule has 0 atom stereocenters. The molecule has 7 aliphatic rings. The summed E-state index contributed by atoms with van der Waals surface area (Å²) in [5.41, 5.74) is 8.85. The summed E-state index contributed by atoms with van der Waals surface area (Å²) >= 11 is 5.02. The molecule has 14 rings (SSSR count). The molecule has 24 nitrogen and oxygen atoms in total. The molecule has 0 aliphatic carbocycles. The van der Waals surface area contributed by atoms with Crippen molar-refractivity contribution >= 4 is 128 Å². The van der Waals surface area contributed by atoms with E-state index in [4.69, 9.17) is 12.2 Å². The van der Waals surface area contributed by atoms with Gasteiger partial charge in [-0.25, -0.2) is 34.3 Å². The van der Waals surface area contributed by atoms with Crippen molar-refractivity contribution in [3.05, 3.63) is 286 Å². The van der Waals surface area contributed by atoms with Crippen LogP contribution in [-0.2, 0) is 48.0 Å². The lowest BCUT2D eigenvalue weighted by atomic mass is 10.1. The van der Waals surface area contributed by atoms with Crippen molar-refractivity contribution in [3.63, 3.8) is 0 Å². The van der Waals surface area contributed by atoms with Crippen molar-refractivity contribution < 1.29 is 61.9 Å². The number of hydrazone groups is 1. The number of rotatable bonds is 7. The number of pyridine rings is 2. The number of amides is 8. The highest BCUT2D eigenvalue weighted by Crippen LogP contribution is 2.31. The summed E-state index contributed by atoms with van der Waals surface area (Å²) in [4.78, 5) is 126. The lowest BCUT2D eigenvalue weighted by molar-refractivity contribution is -0.557. The van der Waals surface area contributed by atoms with E-state index in [2.05, 4.69) is 66.6 Å². The number of hydrogen-bond acceptors (Lipinski definition) is 15. The number of allylic oxidation sites excluding steroid dienone is 1. The Kier molecular flexibility index (Phi) is 23.0. The zero-order chi connectivity index (χ0) is 71.9. The van der Waals surface area contributed by atoms with Crippen molar-refractivity contribution in [2.45, 2.75) is 20.8 Å². The number of hydrazine groups is 2. The first-order chi connectivity index (χ1) is 47.4. The molecule has 25 heteroatoms. The Morgan fingerprint density at radius 3 is 1.28 bits per heavy atom. The number of benzene rings is 5. The highest BCUT2D eigenvalue weighted by molar-refractivity contribution is 7.80. The molecule has 0 spiro atoms. The molecule has 498 valence electrons. The summed E-state index contributed by atoms with van der Waals surface area (Å²) in [6, 6.07) is 56.9. The van der Waals surface area contributed by atoms with E-state index in [0.29, 0.717) is 64.1 Å². The lowest BCUT2D eigenvalue weighted by Gasteiger charge is -2.34. The van der Waals surface area contributed by atoms with Crippen LogP contribution in [0.15, 0.2) is 290 Å². The predicted molar refractivity (Wildman–Crippen MR) is 379 cm³/mol. The first-order valence-corrected chi connectivity index (χ1v) is 30.6. The zero-order valence-corrected chi connectivity index (χ0v) is 55.5. The minimum Gasteiger partial charge on any atom is -0.312 e. The number of para-hydroxylation sites is 4. The average Bonchev–Trinajstić information content (AvgIpc) is 1.67. The Bertz CT molecular complexity index is 4420. The van der Waals surface area contributed by atoms with Crippen LogP contribution in [0, 0.1) is 0 Å². The molecule has 9 heterocycles. The molecule has 2 aromatic heterocycles. The zero-order valence-electron chi connectivity index (χ0n) is 54.7. The van der Waals surface area contributed by atoms with Gasteiger partial charge in [-0.1, -0.05) is 153 Å². The second kappa shape index (κ2) is 31.8. The van der Waals surface area contributed by atoms with E-state index in [9.17, 15) is 47.9 Å². The number of carbonyl (C=O) groups is 10. The van der Waals surface area contributed by atoms with Crippen LogP contribution in [-0.4, -0.2) is 113 Å². The van der Waals surface area contributed by atoms with Crippen LogP contribution in [0.4, 0.5) is 34.4 Å². The van der Waals surface area contributed by atoms with Gasteiger partial charge in [-0.2, -0.15) is 24.1 Å². The minimum atomic E-state index is -0.473. The van der Waals surface area contributed by atoms with Gasteiger partial charge in [-0.05, 0) is 107 Å². The van der Waals surface area contributed by atoms with Gasteiger partial charge in [0.15, 0.2) is 5.11 Å². The normalized spacial score (nSPS) is 15.9. The smallest absolute Gasteiger partial charge is 0.312 e. The second-order valence-electron chi connectivity index (χ2n) is 21.4. The van der Waals surface area contributed by atoms with Crippen LogP contribution < -0.4 is 44.4 Å². The van der Waals surface area contributed by atoms with Gasteiger partial charge in [0, 0.05) is 30.8 Å². The molecule has 0 bridgehead atoms. The van der Waals surface area contributed by atoms with Gasteiger partial charge in [0.1, 0.15) is 16.9 Å². The molecule has 1 N–H and O–H groups in total. The maximum atomic E-state index is 12.3. The van der Waals surface area contributed by atoms with Crippen LogP contribution in [0.2, 0.25) is 0 Å². The number of fused-ring (bicyclic) bond motifs is 2. The molecule has 0 radical (unpaired) electrons. The Labute approximate surface area is 576 Å². The van der Waals surface area contributed by atoms with Crippen LogP contribution in [0.1, 0.15) is 31.1 Å². The molecule has 0 saturated carbocycles. The van der Waals surface area contributed by atoms with Crippen molar-refractivity contribution in [1.29, 1.82) is 0 Å². The Morgan fingerprint density at radius 2 is 0.879 bits per heavy atom. The van der Waals surface area contributed by atoms with Gasteiger partial charge in [0.2, 0.25) is 11.4 Å². The Hall–Kier alpha value is -13.3. The molecule has 7 aromatic rings. The third kappa shape index (κ3) is 15.4. The number of oxime groups is 1. The summed E-state index contributed by atoms with van der Waals surface area (Å²) in [6.07, 6.45) is 3.57. The van der Waals surface area contributed by atoms with E-state index >= 15 is 0 Å². The quantitative estimate of drug-likeness (QED) is 0.0521. The highest BCUT2D eigenvalue weighted by Gasteiger charge is 2.43. The van der Waals surface area contributed by atoms with Crippen molar-refractivity contribution in [3.8, 4) is 0 Å². The second-order valence-corrected chi connectivity index (χ2v) is 21.8. The van der Waals surface area contributed by atoms with Crippen molar-refractivity contribution in [1.82, 2.24) is 15.2 Å². The highest BCUT2D eigenvalue weighted by atomic mass is 32.1. The van der Waals surface area contributed by atoms with E-state index in [1.54, 1.807) is 101 Å². The number of likely N-dealkylation sites (N-methyl/N-ethyl adjacent to an activating group) is 4. The number of anilines is 6. The summed E-state index contributed by atoms with van der Waals surface area (Å²) in [5, 5.41) is 13.3. The predicted octanol–water partition coefficient (Wildman–Crippen LogP) is 8.16. The molecule has 7 aliphatic heterocycles. The van der Waals surface area contributed by atoms with Gasteiger partial charge in [-0.15, -0.1) is 0 Å². The van der Waals surface area contributed by atoms with E-state index in [-0.39, 0.29) is 51.4 Å². The van der Waals surface area contributed by atoms with Gasteiger partial charge in [-0.3, -0.25) is 48.8 Å². The van der Waals surface area contributed by atoms with Gasteiger partial charge in [0.05, 0.1) is 71.7 Å². The summed E-state index contributed by atoms with van der Waals surface area (Å²) in [7, 11) is 3.57. The molecule has 3 fully saturated rings. The SMILES string of the molecule is C=C1C(=O)N(C)c2cccc[n+]21.C=C1C(=O)N(CC)C(=S)N(CC)C1=O.C=C1C(=O)N(c2ccccc2)N(c2ccccc2)C1=O.C=C1C(=O)N(c2ccccc2)N=C1C.C=C1C(=O)NN(c2ccccc2)C1=O.C=C1C(=O)ON=C1c1ccccc1.C=C1C(=O)[n+]2ccccc2N1C. The summed E-state index contributed by atoms with van der Waals surface area (Å²) in [6.45, 7) is 31.4.